The Morgan fingerprint density at radius 1 is 1.05 bits per heavy atom. The van der Waals surface area contributed by atoms with E-state index in [1.807, 2.05) is 75.4 Å². The fraction of sp³-hybridized carbons (Fsp3) is 0.344. The molecule has 1 aromatic heterocycles. The Hall–Kier alpha value is -3.77. The zero-order chi connectivity index (χ0) is 27.2. The number of unbranched alkanes of at least 4 members (excludes halogenated alkanes) is 1. The molecular formula is C32H37N3O3. The maximum atomic E-state index is 13.9. The largest absolute Gasteiger partial charge is 0.383 e. The van der Waals surface area contributed by atoms with E-state index in [1.54, 1.807) is 22.6 Å². The molecule has 0 aliphatic rings. The fourth-order valence-corrected chi connectivity index (χ4v) is 4.88. The first-order valence-corrected chi connectivity index (χ1v) is 13.3. The highest BCUT2D eigenvalue weighted by atomic mass is 16.5. The molecule has 198 valence electrons. The van der Waals surface area contributed by atoms with E-state index in [9.17, 15) is 9.59 Å². The highest BCUT2D eigenvalue weighted by molar-refractivity contribution is 5.94. The van der Waals surface area contributed by atoms with Gasteiger partial charge in [0.05, 0.1) is 29.2 Å². The molecule has 38 heavy (non-hydrogen) atoms. The Morgan fingerprint density at radius 3 is 2.47 bits per heavy atom. The smallest absolute Gasteiger partial charge is 0.266 e. The van der Waals surface area contributed by atoms with E-state index in [4.69, 9.17) is 9.72 Å². The Kier molecular flexibility index (Phi) is 8.74. The zero-order valence-electron chi connectivity index (χ0n) is 23.0. The van der Waals surface area contributed by atoms with Crippen molar-refractivity contribution < 1.29 is 9.53 Å². The molecule has 6 heteroatoms. The van der Waals surface area contributed by atoms with E-state index >= 15 is 0 Å². The second-order valence-corrected chi connectivity index (χ2v) is 9.89. The van der Waals surface area contributed by atoms with Gasteiger partial charge in [-0.05, 0) is 75.1 Å². The van der Waals surface area contributed by atoms with E-state index < -0.39 is 6.04 Å². The number of carbonyl (C=O) groups excluding carboxylic acids is 1. The van der Waals surface area contributed by atoms with Crippen molar-refractivity contribution in [3.8, 4) is 5.69 Å². The van der Waals surface area contributed by atoms with Gasteiger partial charge in [-0.25, -0.2) is 4.98 Å². The Balaban J connectivity index is 1.83. The van der Waals surface area contributed by atoms with Crippen molar-refractivity contribution >= 4 is 16.8 Å². The molecular weight excluding hydrogens is 474 g/mol. The molecule has 0 aliphatic carbocycles. The lowest BCUT2D eigenvalue weighted by Gasteiger charge is -2.31. The average molecular weight is 512 g/mol. The number of para-hydroxylation sites is 1. The Bertz CT molecular complexity index is 1470. The summed E-state index contributed by atoms with van der Waals surface area (Å²) in [5.41, 5.74) is 5.13. The lowest BCUT2D eigenvalue weighted by Crippen LogP contribution is -2.39. The molecule has 1 atom stereocenters. The maximum absolute atomic E-state index is 13.9. The van der Waals surface area contributed by atoms with Gasteiger partial charge in [-0.1, -0.05) is 55.3 Å². The van der Waals surface area contributed by atoms with Crippen LogP contribution in [-0.4, -0.2) is 40.6 Å². The standard InChI is InChI=1S/C32H37N3O3/c1-6-7-10-25-14-16-26(17-15-25)31(36)34(19-20-38-5)24(4)30-33-28-12-9-8-11-27(28)32(37)35(30)29-18-13-22(2)21-23(29)3/h8-9,11-18,21,24H,6-7,10,19-20H2,1-5H3. The van der Waals surface area contributed by atoms with Gasteiger partial charge in [0.1, 0.15) is 5.82 Å². The maximum Gasteiger partial charge on any atom is 0.266 e. The summed E-state index contributed by atoms with van der Waals surface area (Å²) in [4.78, 5) is 34.4. The lowest BCUT2D eigenvalue weighted by atomic mass is 10.0. The van der Waals surface area contributed by atoms with E-state index in [1.165, 1.54) is 5.56 Å². The van der Waals surface area contributed by atoms with Gasteiger partial charge in [0.25, 0.3) is 11.5 Å². The number of fused-ring (bicyclic) bond motifs is 1. The molecule has 3 aromatic carbocycles. The molecule has 1 amide bonds. The van der Waals surface area contributed by atoms with Crippen LogP contribution >= 0.6 is 0 Å². The van der Waals surface area contributed by atoms with Gasteiger partial charge in [0, 0.05) is 19.2 Å². The Morgan fingerprint density at radius 2 is 1.79 bits per heavy atom. The molecule has 0 fully saturated rings. The van der Waals surface area contributed by atoms with Crippen molar-refractivity contribution in [3.63, 3.8) is 0 Å². The van der Waals surface area contributed by atoms with E-state index in [-0.39, 0.29) is 11.5 Å². The summed E-state index contributed by atoms with van der Waals surface area (Å²) in [6.07, 6.45) is 3.25. The number of nitrogens with zero attached hydrogens (tertiary/aromatic N) is 3. The first-order chi connectivity index (χ1) is 18.3. The minimum absolute atomic E-state index is 0.119. The van der Waals surface area contributed by atoms with Gasteiger partial charge in [-0.3, -0.25) is 14.2 Å². The lowest BCUT2D eigenvalue weighted by molar-refractivity contribution is 0.0605. The van der Waals surface area contributed by atoms with Gasteiger partial charge < -0.3 is 9.64 Å². The minimum Gasteiger partial charge on any atom is -0.383 e. The van der Waals surface area contributed by atoms with Crippen molar-refractivity contribution in [1.29, 1.82) is 0 Å². The molecule has 1 unspecified atom stereocenters. The van der Waals surface area contributed by atoms with Gasteiger partial charge in [0.2, 0.25) is 0 Å². The molecule has 0 radical (unpaired) electrons. The van der Waals surface area contributed by atoms with Crippen molar-refractivity contribution in [2.45, 2.75) is 53.0 Å². The van der Waals surface area contributed by atoms with Gasteiger partial charge >= 0.3 is 0 Å². The summed E-state index contributed by atoms with van der Waals surface area (Å²) >= 11 is 0. The normalized spacial score (nSPS) is 12.0. The number of hydrogen-bond donors (Lipinski definition) is 0. The van der Waals surface area contributed by atoms with Gasteiger partial charge in [-0.2, -0.15) is 0 Å². The van der Waals surface area contributed by atoms with E-state index in [0.29, 0.717) is 35.4 Å². The van der Waals surface area contributed by atoms with Crippen LogP contribution in [0.3, 0.4) is 0 Å². The summed E-state index contributed by atoms with van der Waals surface area (Å²) in [6.45, 7) is 8.85. The predicted octanol–water partition coefficient (Wildman–Crippen LogP) is 6.19. The predicted molar refractivity (Wildman–Crippen MR) is 153 cm³/mol. The molecule has 6 nitrogen and oxygen atoms in total. The number of aromatic nitrogens is 2. The molecule has 0 saturated carbocycles. The molecule has 0 aliphatic heterocycles. The van der Waals surface area contributed by atoms with Gasteiger partial charge in [0.15, 0.2) is 0 Å². The number of carbonyl (C=O) groups is 1. The van der Waals surface area contributed by atoms with E-state index in [0.717, 1.165) is 36.1 Å². The highest BCUT2D eigenvalue weighted by Crippen LogP contribution is 2.26. The highest BCUT2D eigenvalue weighted by Gasteiger charge is 2.28. The summed E-state index contributed by atoms with van der Waals surface area (Å²) in [7, 11) is 1.62. The molecule has 0 N–H and O–H groups in total. The number of benzene rings is 3. The third-order valence-electron chi connectivity index (χ3n) is 7.05. The molecule has 0 saturated heterocycles. The second-order valence-electron chi connectivity index (χ2n) is 9.89. The zero-order valence-corrected chi connectivity index (χ0v) is 23.0. The minimum atomic E-state index is -0.490. The van der Waals surface area contributed by atoms with Crippen LogP contribution in [0, 0.1) is 13.8 Å². The van der Waals surface area contributed by atoms with Crippen molar-refractivity contribution in [1.82, 2.24) is 14.5 Å². The van der Waals surface area contributed by atoms with Crippen molar-refractivity contribution in [2.75, 3.05) is 20.3 Å². The number of aryl methyl sites for hydroxylation is 3. The second kappa shape index (κ2) is 12.2. The summed E-state index contributed by atoms with van der Waals surface area (Å²) < 4.78 is 7.04. The quantitative estimate of drug-likeness (QED) is 0.254. The monoisotopic (exact) mass is 511 g/mol. The first kappa shape index (κ1) is 27.3. The summed E-state index contributed by atoms with van der Waals surface area (Å²) in [5, 5.41) is 0.542. The van der Waals surface area contributed by atoms with Crippen LogP contribution in [0.2, 0.25) is 0 Å². The van der Waals surface area contributed by atoms with Crippen molar-refractivity contribution in [3.05, 3.63) is 105 Å². The molecule has 4 aromatic rings. The summed E-state index contributed by atoms with van der Waals surface area (Å²) in [6, 6.07) is 20.7. The third-order valence-corrected chi connectivity index (χ3v) is 7.05. The van der Waals surface area contributed by atoms with Crippen LogP contribution in [0.5, 0.6) is 0 Å². The average Bonchev–Trinajstić information content (AvgIpc) is 2.92. The first-order valence-electron chi connectivity index (χ1n) is 13.3. The van der Waals surface area contributed by atoms with Crippen LogP contribution in [0.1, 0.15) is 65.6 Å². The van der Waals surface area contributed by atoms with Crippen molar-refractivity contribution in [2.24, 2.45) is 0 Å². The topological polar surface area (TPSA) is 64.4 Å². The van der Waals surface area contributed by atoms with Crippen LogP contribution in [0.25, 0.3) is 16.6 Å². The number of amides is 1. The third kappa shape index (κ3) is 5.70. The number of hydrogen-bond acceptors (Lipinski definition) is 4. The van der Waals surface area contributed by atoms with Gasteiger partial charge in [-0.15, -0.1) is 0 Å². The van der Waals surface area contributed by atoms with Crippen LogP contribution < -0.4 is 5.56 Å². The molecule has 1 heterocycles. The van der Waals surface area contributed by atoms with E-state index in [2.05, 4.69) is 13.0 Å². The molecule has 0 spiro atoms. The van der Waals surface area contributed by atoms with Crippen LogP contribution in [-0.2, 0) is 11.2 Å². The van der Waals surface area contributed by atoms with Crippen LogP contribution in [0.15, 0.2) is 71.5 Å². The Labute approximate surface area is 224 Å². The summed E-state index contributed by atoms with van der Waals surface area (Å²) in [5.74, 6) is 0.399. The fourth-order valence-electron chi connectivity index (χ4n) is 4.88. The number of methoxy groups -OCH3 is 1. The molecule has 4 rings (SSSR count). The number of rotatable bonds is 10. The van der Waals surface area contributed by atoms with Crippen LogP contribution in [0.4, 0.5) is 0 Å². The molecule has 0 bridgehead atoms. The SMILES string of the molecule is CCCCc1ccc(C(=O)N(CCOC)C(C)c2nc3ccccc3c(=O)n2-c2ccc(C)cc2C)cc1. The number of ether oxygens (including phenoxy) is 1.